The standard InChI is InChI=1S/C19H18Cl2N2O3S2/c1-9-11(3)28-19-16(9)18(25)22-17(23-19)10(2)26-15(24)8-27-7-12-4-5-13(20)14(21)6-12/h4-6,10H,7-8H2,1-3H3,(H,22,23,25)/t10-/m1/s1. The number of thiophene rings is 1. The Kier molecular flexibility index (Phi) is 6.70. The van der Waals surface area contributed by atoms with Gasteiger partial charge in [-0.05, 0) is 44.0 Å². The van der Waals surface area contributed by atoms with Gasteiger partial charge in [-0.3, -0.25) is 9.59 Å². The van der Waals surface area contributed by atoms with Crippen LogP contribution in [0.3, 0.4) is 0 Å². The van der Waals surface area contributed by atoms with Gasteiger partial charge in [0.2, 0.25) is 0 Å². The molecule has 0 aliphatic heterocycles. The molecule has 0 aliphatic carbocycles. The van der Waals surface area contributed by atoms with Gasteiger partial charge in [0.25, 0.3) is 5.56 Å². The smallest absolute Gasteiger partial charge is 0.316 e. The van der Waals surface area contributed by atoms with Crippen molar-refractivity contribution >= 4 is 62.5 Å². The molecule has 2 heterocycles. The molecule has 1 N–H and O–H groups in total. The third-order valence-corrected chi connectivity index (χ3v) is 7.04. The minimum absolute atomic E-state index is 0.175. The van der Waals surface area contributed by atoms with Crippen LogP contribution in [-0.4, -0.2) is 21.7 Å². The average Bonchev–Trinajstić information content (AvgIpc) is 2.92. The molecule has 1 atom stereocenters. The molecule has 0 saturated carbocycles. The van der Waals surface area contributed by atoms with E-state index in [-0.39, 0.29) is 17.3 Å². The summed E-state index contributed by atoms with van der Waals surface area (Å²) < 4.78 is 5.42. The number of rotatable bonds is 6. The van der Waals surface area contributed by atoms with Crippen LogP contribution < -0.4 is 5.56 Å². The molecule has 0 amide bonds. The van der Waals surface area contributed by atoms with Gasteiger partial charge >= 0.3 is 5.97 Å². The molecule has 9 heteroatoms. The molecule has 148 valence electrons. The first-order valence-corrected chi connectivity index (χ1v) is 11.2. The number of aromatic nitrogens is 2. The third kappa shape index (κ3) is 4.71. The fraction of sp³-hybridized carbons (Fsp3) is 0.316. The molecule has 0 radical (unpaired) electrons. The quantitative estimate of drug-likeness (QED) is 0.499. The number of carbonyl (C=O) groups excluding carboxylic acids is 1. The number of ether oxygens (including phenoxy) is 1. The molecular weight excluding hydrogens is 439 g/mol. The number of hydrogen-bond acceptors (Lipinski definition) is 6. The average molecular weight is 457 g/mol. The van der Waals surface area contributed by atoms with Gasteiger partial charge in [0.05, 0.1) is 21.2 Å². The first-order valence-electron chi connectivity index (χ1n) is 8.47. The van der Waals surface area contributed by atoms with Crippen molar-refractivity contribution in [2.24, 2.45) is 0 Å². The van der Waals surface area contributed by atoms with Crippen molar-refractivity contribution in [1.29, 1.82) is 0 Å². The van der Waals surface area contributed by atoms with E-state index >= 15 is 0 Å². The van der Waals surface area contributed by atoms with Crippen LogP contribution in [0, 0.1) is 13.8 Å². The second-order valence-electron chi connectivity index (χ2n) is 6.29. The third-order valence-electron chi connectivity index (χ3n) is 4.22. The molecule has 28 heavy (non-hydrogen) atoms. The first-order chi connectivity index (χ1) is 13.3. The lowest BCUT2D eigenvalue weighted by molar-refractivity contribution is -0.145. The number of nitrogens with zero attached hydrogens (tertiary/aromatic N) is 1. The van der Waals surface area contributed by atoms with Crippen LogP contribution in [0.1, 0.15) is 34.9 Å². The van der Waals surface area contributed by atoms with Crippen LogP contribution in [0.25, 0.3) is 10.2 Å². The maximum Gasteiger partial charge on any atom is 0.316 e. The molecule has 0 saturated heterocycles. The van der Waals surface area contributed by atoms with Crippen LogP contribution in [0.2, 0.25) is 10.0 Å². The number of nitrogens with one attached hydrogen (secondary N) is 1. The molecule has 2 aromatic heterocycles. The second kappa shape index (κ2) is 8.86. The lowest BCUT2D eigenvalue weighted by Crippen LogP contribution is -2.18. The number of H-pyrrole nitrogens is 1. The van der Waals surface area contributed by atoms with E-state index in [0.717, 1.165) is 16.0 Å². The van der Waals surface area contributed by atoms with Gasteiger partial charge in [0.15, 0.2) is 11.9 Å². The molecule has 0 unspecified atom stereocenters. The number of benzene rings is 1. The highest BCUT2D eigenvalue weighted by Crippen LogP contribution is 2.27. The van der Waals surface area contributed by atoms with Crippen LogP contribution in [-0.2, 0) is 15.3 Å². The number of halogens is 2. The van der Waals surface area contributed by atoms with Crippen molar-refractivity contribution in [3.8, 4) is 0 Å². The van der Waals surface area contributed by atoms with Crippen molar-refractivity contribution in [2.45, 2.75) is 32.6 Å². The fourth-order valence-corrected chi connectivity index (χ4v) is 4.74. The zero-order valence-electron chi connectivity index (χ0n) is 15.5. The molecule has 3 aromatic rings. The Hall–Kier alpha value is -1.54. The van der Waals surface area contributed by atoms with Crippen LogP contribution >= 0.6 is 46.3 Å². The van der Waals surface area contributed by atoms with Gasteiger partial charge in [-0.1, -0.05) is 29.3 Å². The number of fused-ring (bicyclic) bond motifs is 1. The summed E-state index contributed by atoms with van der Waals surface area (Å²) in [5, 5.41) is 1.58. The van der Waals surface area contributed by atoms with E-state index in [1.165, 1.54) is 23.1 Å². The zero-order valence-corrected chi connectivity index (χ0v) is 18.6. The fourth-order valence-electron chi connectivity index (χ4n) is 2.63. The Labute approximate surface area is 180 Å². The predicted octanol–water partition coefficient (Wildman–Crippen LogP) is 5.45. The van der Waals surface area contributed by atoms with Crippen molar-refractivity contribution in [2.75, 3.05) is 5.75 Å². The van der Waals surface area contributed by atoms with Gasteiger partial charge in [0, 0.05) is 10.6 Å². The predicted molar refractivity (Wildman–Crippen MR) is 117 cm³/mol. The number of hydrogen-bond donors (Lipinski definition) is 1. The molecule has 0 aliphatic rings. The summed E-state index contributed by atoms with van der Waals surface area (Å²) in [7, 11) is 0. The van der Waals surface area contributed by atoms with E-state index in [9.17, 15) is 9.59 Å². The SMILES string of the molecule is Cc1sc2nc([C@@H](C)OC(=O)CSCc3ccc(Cl)c(Cl)c3)[nH]c(=O)c2c1C. The highest BCUT2D eigenvalue weighted by molar-refractivity contribution is 7.99. The number of aryl methyl sites for hydroxylation is 2. The maximum atomic E-state index is 12.4. The van der Waals surface area contributed by atoms with E-state index in [2.05, 4.69) is 9.97 Å². The van der Waals surface area contributed by atoms with Crippen LogP contribution in [0.4, 0.5) is 0 Å². The minimum Gasteiger partial charge on any atom is -0.454 e. The number of aromatic amines is 1. The van der Waals surface area contributed by atoms with Crippen molar-refractivity contribution in [1.82, 2.24) is 9.97 Å². The highest BCUT2D eigenvalue weighted by atomic mass is 35.5. The van der Waals surface area contributed by atoms with E-state index in [4.69, 9.17) is 27.9 Å². The van der Waals surface area contributed by atoms with Crippen molar-refractivity contribution in [3.05, 3.63) is 60.4 Å². The topological polar surface area (TPSA) is 72.0 Å². The van der Waals surface area contributed by atoms with Gasteiger partial charge in [0.1, 0.15) is 4.83 Å². The van der Waals surface area contributed by atoms with Crippen LogP contribution in [0.15, 0.2) is 23.0 Å². The highest BCUT2D eigenvalue weighted by Gasteiger charge is 2.18. The van der Waals surface area contributed by atoms with E-state index in [1.807, 2.05) is 19.9 Å². The van der Waals surface area contributed by atoms with E-state index in [0.29, 0.717) is 31.8 Å². The molecule has 3 rings (SSSR count). The molecule has 0 fully saturated rings. The van der Waals surface area contributed by atoms with E-state index < -0.39 is 6.10 Å². The van der Waals surface area contributed by atoms with Gasteiger partial charge in [-0.2, -0.15) is 0 Å². The van der Waals surface area contributed by atoms with E-state index in [1.54, 1.807) is 19.1 Å². The van der Waals surface area contributed by atoms with Crippen molar-refractivity contribution < 1.29 is 9.53 Å². The molecule has 0 spiro atoms. The summed E-state index contributed by atoms with van der Waals surface area (Å²) in [5.74, 6) is 0.754. The lowest BCUT2D eigenvalue weighted by Gasteiger charge is -2.12. The monoisotopic (exact) mass is 456 g/mol. The Morgan fingerprint density at radius 1 is 1.32 bits per heavy atom. The van der Waals surface area contributed by atoms with Crippen molar-refractivity contribution in [3.63, 3.8) is 0 Å². The normalized spacial score (nSPS) is 12.3. The first kappa shape index (κ1) is 21.2. The number of esters is 1. The molecular formula is C19H18Cl2N2O3S2. The maximum absolute atomic E-state index is 12.4. The summed E-state index contributed by atoms with van der Waals surface area (Å²) in [6, 6.07) is 5.37. The second-order valence-corrected chi connectivity index (χ2v) is 9.29. The van der Waals surface area contributed by atoms with Gasteiger partial charge in [-0.25, -0.2) is 4.98 Å². The Balaban J connectivity index is 1.60. The zero-order chi connectivity index (χ0) is 20.4. The Morgan fingerprint density at radius 3 is 2.79 bits per heavy atom. The van der Waals surface area contributed by atoms with Gasteiger partial charge in [-0.15, -0.1) is 23.1 Å². The Bertz CT molecular complexity index is 1090. The minimum atomic E-state index is -0.641. The molecule has 1 aromatic carbocycles. The Morgan fingerprint density at radius 2 is 2.07 bits per heavy atom. The molecule has 5 nitrogen and oxygen atoms in total. The summed E-state index contributed by atoms with van der Waals surface area (Å²) in [6.07, 6.45) is -0.641. The largest absolute Gasteiger partial charge is 0.454 e. The summed E-state index contributed by atoms with van der Waals surface area (Å²) in [5.41, 5.74) is 1.70. The summed E-state index contributed by atoms with van der Waals surface area (Å²) >= 11 is 14.8. The van der Waals surface area contributed by atoms with Gasteiger partial charge < -0.3 is 9.72 Å². The number of carbonyl (C=O) groups is 1. The summed E-state index contributed by atoms with van der Waals surface area (Å²) in [4.78, 5) is 33.4. The lowest BCUT2D eigenvalue weighted by atomic mass is 10.2. The van der Waals surface area contributed by atoms with Crippen LogP contribution in [0.5, 0.6) is 0 Å². The summed E-state index contributed by atoms with van der Waals surface area (Å²) in [6.45, 7) is 5.55. The number of thioether (sulfide) groups is 1. The molecule has 0 bridgehead atoms.